The Balaban J connectivity index is 1.25. The maximum Gasteiger partial charge on any atom is 0.410 e. The summed E-state index contributed by atoms with van der Waals surface area (Å²) in [7, 11) is 0. The molecule has 12 heteroatoms. The van der Waals surface area contributed by atoms with Crippen molar-refractivity contribution >= 4 is 23.6 Å². The highest BCUT2D eigenvalue weighted by Gasteiger charge is 2.55. The van der Waals surface area contributed by atoms with Crippen molar-refractivity contribution in [3.8, 4) is 5.69 Å². The van der Waals surface area contributed by atoms with E-state index in [2.05, 4.69) is 24.7 Å². The second-order valence-electron chi connectivity index (χ2n) is 10.1. The number of hydrogen-bond acceptors (Lipinski definition) is 7. The smallest absolute Gasteiger partial charge is 0.410 e. The van der Waals surface area contributed by atoms with Crippen molar-refractivity contribution in [1.82, 2.24) is 29.6 Å². The van der Waals surface area contributed by atoms with Crippen molar-refractivity contribution in [2.45, 2.75) is 51.6 Å². The van der Waals surface area contributed by atoms with Gasteiger partial charge < -0.3 is 9.64 Å². The Kier molecular flexibility index (Phi) is 5.78. The van der Waals surface area contributed by atoms with Crippen molar-refractivity contribution in [2.24, 2.45) is 5.41 Å². The van der Waals surface area contributed by atoms with E-state index in [1.165, 1.54) is 12.3 Å². The van der Waals surface area contributed by atoms with Gasteiger partial charge in [0.15, 0.2) is 5.82 Å². The average molecular weight is 530 g/mol. The van der Waals surface area contributed by atoms with E-state index in [9.17, 15) is 13.6 Å². The topological polar surface area (TPSA) is 89.3 Å². The highest BCUT2D eigenvalue weighted by Crippen LogP contribution is 2.56. The fraction of sp³-hybridized carbons (Fsp3) is 0.480. The Morgan fingerprint density at radius 3 is 2.70 bits per heavy atom. The number of halogens is 3. The largest absolute Gasteiger partial charge is 0.450 e. The van der Waals surface area contributed by atoms with Crippen LogP contribution in [0.25, 0.3) is 5.69 Å². The third-order valence-electron chi connectivity index (χ3n) is 7.63. The van der Waals surface area contributed by atoms with E-state index in [0.29, 0.717) is 23.3 Å². The van der Waals surface area contributed by atoms with Crippen LogP contribution < -0.4 is 4.90 Å². The molecular formula is C25H26ClF2N7O2. The molecule has 1 aromatic carbocycles. The lowest BCUT2D eigenvalue weighted by molar-refractivity contribution is 0.0572. The van der Waals surface area contributed by atoms with Crippen molar-refractivity contribution in [2.75, 3.05) is 24.6 Å². The first-order chi connectivity index (χ1) is 17.8. The van der Waals surface area contributed by atoms with Crippen LogP contribution in [-0.2, 0) is 11.3 Å². The summed E-state index contributed by atoms with van der Waals surface area (Å²) in [5.41, 5.74) is 1.63. The van der Waals surface area contributed by atoms with Crippen LogP contribution in [0.1, 0.15) is 68.0 Å². The standard InChI is InChI=1S/C25H26ClF2N7O2/c1-3-37-24(36)34-11-15-8-17(26)4-5-19(15)35-21(14(34)2)31-32-22(35)16-9-25(10-16)12-33(13-25)23-29-7-6-18(30-23)20(27)28/h4-8,14,16,20H,3,9-13H2,1-2H3. The maximum absolute atomic E-state index is 13.0. The number of carbonyl (C=O) groups excluding carboxylic acids is 1. The highest BCUT2D eigenvalue weighted by molar-refractivity contribution is 6.30. The quantitative estimate of drug-likeness (QED) is 0.466. The minimum Gasteiger partial charge on any atom is -0.450 e. The maximum atomic E-state index is 13.0. The molecule has 1 spiro atoms. The van der Waals surface area contributed by atoms with E-state index in [4.69, 9.17) is 16.3 Å². The molecule has 0 bridgehead atoms. The zero-order chi connectivity index (χ0) is 25.9. The fourth-order valence-electron chi connectivity index (χ4n) is 5.85. The second kappa shape index (κ2) is 8.90. The van der Waals surface area contributed by atoms with Crippen LogP contribution in [0.15, 0.2) is 30.5 Å². The average Bonchev–Trinajstić information content (AvgIpc) is 3.20. The molecule has 2 fully saturated rings. The lowest BCUT2D eigenvalue weighted by Gasteiger charge is -2.58. The van der Waals surface area contributed by atoms with Gasteiger partial charge in [0.1, 0.15) is 11.5 Å². The molecule has 1 amide bonds. The third kappa shape index (κ3) is 4.00. The molecule has 6 rings (SSSR count). The molecule has 1 unspecified atom stereocenters. The summed E-state index contributed by atoms with van der Waals surface area (Å²) in [6, 6.07) is 6.54. The van der Waals surface area contributed by atoms with Gasteiger partial charge in [-0.3, -0.25) is 9.47 Å². The van der Waals surface area contributed by atoms with Crippen LogP contribution in [0.3, 0.4) is 0 Å². The summed E-state index contributed by atoms with van der Waals surface area (Å²) in [5.74, 6) is 2.07. The molecule has 3 aromatic rings. The van der Waals surface area contributed by atoms with Crippen molar-refractivity contribution < 1.29 is 18.3 Å². The van der Waals surface area contributed by atoms with Crippen molar-refractivity contribution in [1.29, 1.82) is 0 Å². The molecule has 1 aliphatic carbocycles. The summed E-state index contributed by atoms with van der Waals surface area (Å²) in [6.45, 7) is 5.77. The molecule has 37 heavy (non-hydrogen) atoms. The number of fused-ring (bicyclic) bond motifs is 3. The number of hydrogen-bond donors (Lipinski definition) is 0. The van der Waals surface area contributed by atoms with E-state index in [1.807, 2.05) is 30.0 Å². The molecule has 3 aliphatic rings. The molecule has 1 saturated heterocycles. The fourth-order valence-corrected chi connectivity index (χ4v) is 6.04. The van der Waals surface area contributed by atoms with E-state index in [-0.39, 0.29) is 29.7 Å². The normalized spacial score (nSPS) is 20.2. The predicted octanol–water partition coefficient (Wildman–Crippen LogP) is 5.07. The monoisotopic (exact) mass is 529 g/mol. The molecule has 2 aromatic heterocycles. The second-order valence-corrected chi connectivity index (χ2v) is 10.5. The molecule has 0 radical (unpaired) electrons. The van der Waals surface area contributed by atoms with Gasteiger partial charge in [-0.15, -0.1) is 10.2 Å². The Morgan fingerprint density at radius 2 is 1.97 bits per heavy atom. The van der Waals surface area contributed by atoms with Gasteiger partial charge in [-0.2, -0.15) is 0 Å². The lowest BCUT2D eigenvalue weighted by Crippen LogP contribution is -2.62. The third-order valence-corrected chi connectivity index (χ3v) is 7.86. The van der Waals surface area contributed by atoms with Gasteiger partial charge in [-0.25, -0.2) is 23.5 Å². The van der Waals surface area contributed by atoms with Crippen molar-refractivity contribution in [3.05, 3.63) is 58.4 Å². The van der Waals surface area contributed by atoms with Crippen LogP contribution in [0.5, 0.6) is 0 Å². The Morgan fingerprint density at radius 1 is 1.22 bits per heavy atom. The molecule has 194 valence electrons. The van der Waals surface area contributed by atoms with E-state index < -0.39 is 12.5 Å². The van der Waals surface area contributed by atoms with Gasteiger partial charge in [0.05, 0.1) is 24.9 Å². The number of carbonyl (C=O) groups is 1. The Labute approximate surface area is 217 Å². The first-order valence-electron chi connectivity index (χ1n) is 12.3. The van der Waals surface area contributed by atoms with Crippen LogP contribution in [0.4, 0.5) is 19.5 Å². The SMILES string of the molecule is CCOC(=O)N1Cc2cc(Cl)ccc2-n2c(C3CC4(C3)CN(c3nccc(C(F)F)n3)C4)nnc2C1C. The molecule has 1 saturated carbocycles. The molecule has 4 heterocycles. The molecular weight excluding hydrogens is 504 g/mol. The zero-order valence-electron chi connectivity index (χ0n) is 20.4. The molecule has 9 nitrogen and oxygen atoms in total. The molecule has 2 aliphatic heterocycles. The summed E-state index contributed by atoms with van der Waals surface area (Å²) in [4.78, 5) is 24.6. The number of amides is 1. The summed E-state index contributed by atoms with van der Waals surface area (Å²) in [5, 5.41) is 9.70. The number of aromatic nitrogens is 5. The van der Waals surface area contributed by atoms with Crippen LogP contribution in [0.2, 0.25) is 5.02 Å². The van der Waals surface area contributed by atoms with E-state index >= 15 is 0 Å². The number of alkyl halides is 2. The summed E-state index contributed by atoms with van der Waals surface area (Å²) in [6.07, 6.45) is 0.153. The lowest BCUT2D eigenvalue weighted by atomic mass is 9.57. The van der Waals surface area contributed by atoms with Crippen LogP contribution in [-0.4, -0.2) is 55.4 Å². The number of anilines is 1. The van der Waals surface area contributed by atoms with Crippen LogP contribution in [0, 0.1) is 5.41 Å². The Bertz CT molecular complexity index is 1350. The predicted molar refractivity (Wildman–Crippen MR) is 131 cm³/mol. The highest BCUT2D eigenvalue weighted by atomic mass is 35.5. The van der Waals surface area contributed by atoms with E-state index in [1.54, 1.807) is 11.8 Å². The summed E-state index contributed by atoms with van der Waals surface area (Å²) < 4.78 is 33.5. The van der Waals surface area contributed by atoms with Crippen LogP contribution >= 0.6 is 11.6 Å². The summed E-state index contributed by atoms with van der Waals surface area (Å²) >= 11 is 6.32. The van der Waals surface area contributed by atoms with Gasteiger partial charge in [-0.05, 0) is 56.5 Å². The number of benzene rings is 1. The molecule has 1 atom stereocenters. The van der Waals surface area contributed by atoms with Gasteiger partial charge in [0.2, 0.25) is 5.95 Å². The minimum absolute atomic E-state index is 0.0807. The number of rotatable bonds is 4. The Hall–Kier alpha value is -3.34. The minimum atomic E-state index is -2.62. The van der Waals surface area contributed by atoms with Gasteiger partial charge in [-0.1, -0.05) is 11.6 Å². The van der Waals surface area contributed by atoms with Gasteiger partial charge in [0, 0.05) is 35.6 Å². The van der Waals surface area contributed by atoms with Gasteiger partial charge >= 0.3 is 6.09 Å². The van der Waals surface area contributed by atoms with Gasteiger partial charge in [0.25, 0.3) is 6.43 Å². The van der Waals surface area contributed by atoms with E-state index in [0.717, 1.165) is 43.0 Å². The van der Waals surface area contributed by atoms with Crippen molar-refractivity contribution in [3.63, 3.8) is 0 Å². The number of ether oxygens (including phenoxy) is 1. The molecule has 0 N–H and O–H groups in total. The first-order valence-corrected chi connectivity index (χ1v) is 12.7. The zero-order valence-corrected chi connectivity index (χ0v) is 21.2. The number of nitrogens with zero attached hydrogens (tertiary/aromatic N) is 7. The first kappa shape index (κ1) is 24.0.